The number of aryl methyl sites for hydroxylation is 3. The van der Waals surface area contributed by atoms with Crippen molar-refractivity contribution >= 4 is 17.0 Å². The molecule has 0 radical (unpaired) electrons. The number of benzene rings is 1. The molecule has 2 aliphatic rings. The van der Waals surface area contributed by atoms with E-state index in [0.29, 0.717) is 0 Å². The molecular formula is C17H24N4. The van der Waals surface area contributed by atoms with Gasteiger partial charge in [-0.25, -0.2) is 4.98 Å². The molecule has 0 aliphatic carbocycles. The van der Waals surface area contributed by atoms with Gasteiger partial charge in [0.15, 0.2) is 0 Å². The molecule has 1 saturated heterocycles. The van der Waals surface area contributed by atoms with E-state index >= 15 is 0 Å². The molecule has 0 bridgehead atoms. The van der Waals surface area contributed by atoms with E-state index in [0.717, 1.165) is 39.1 Å². The third kappa shape index (κ3) is 2.13. The van der Waals surface area contributed by atoms with Gasteiger partial charge in [-0.1, -0.05) is 13.0 Å². The number of aromatic nitrogens is 2. The van der Waals surface area contributed by atoms with E-state index in [-0.39, 0.29) is 0 Å². The SMILES string of the molecule is CCc1cc2c3c(c1)nc(N1CCN(C)CC1)n3CCC2. The van der Waals surface area contributed by atoms with Crippen LogP contribution in [-0.4, -0.2) is 47.7 Å². The van der Waals surface area contributed by atoms with Crippen molar-refractivity contribution in [3.05, 3.63) is 23.3 Å². The Bertz CT molecular complexity index is 665. The number of imidazole rings is 1. The number of hydrogen-bond acceptors (Lipinski definition) is 3. The summed E-state index contributed by atoms with van der Waals surface area (Å²) in [6.07, 6.45) is 3.55. The summed E-state index contributed by atoms with van der Waals surface area (Å²) in [5.74, 6) is 1.20. The summed E-state index contributed by atoms with van der Waals surface area (Å²) >= 11 is 0. The third-order valence-electron chi connectivity index (χ3n) is 4.98. The Hall–Kier alpha value is -1.55. The van der Waals surface area contributed by atoms with Crippen molar-refractivity contribution in [1.29, 1.82) is 0 Å². The largest absolute Gasteiger partial charge is 0.340 e. The van der Waals surface area contributed by atoms with Gasteiger partial charge in [0.1, 0.15) is 0 Å². The van der Waals surface area contributed by atoms with Gasteiger partial charge in [-0.05, 0) is 43.5 Å². The first-order chi connectivity index (χ1) is 10.3. The van der Waals surface area contributed by atoms with E-state index in [1.54, 1.807) is 0 Å². The Kier molecular flexibility index (Phi) is 3.14. The monoisotopic (exact) mass is 284 g/mol. The molecule has 4 heteroatoms. The number of piperazine rings is 1. The topological polar surface area (TPSA) is 24.3 Å². The zero-order valence-electron chi connectivity index (χ0n) is 13.1. The van der Waals surface area contributed by atoms with E-state index in [2.05, 4.69) is 40.5 Å². The van der Waals surface area contributed by atoms with Crippen molar-refractivity contribution in [3.63, 3.8) is 0 Å². The lowest BCUT2D eigenvalue weighted by Crippen LogP contribution is -2.45. The molecule has 1 fully saturated rings. The van der Waals surface area contributed by atoms with E-state index < -0.39 is 0 Å². The molecule has 0 saturated carbocycles. The van der Waals surface area contributed by atoms with Crippen molar-refractivity contribution in [2.75, 3.05) is 38.1 Å². The quantitative estimate of drug-likeness (QED) is 0.846. The predicted octanol–water partition coefficient (Wildman–Crippen LogP) is 2.30. The second-order valence-electron chi connectivity index (χ2n) is 6.43. The average molecular weight is 284 g/mol. The van der Waals surface area contributed by atoms with Crippen molar-refractivity contribution in [3.8, 4) is 0 Å². The molecule has 21 heavy (non-hydrogen) atoms. The highest BCUT2D eigenvalue weighted by atomic mass is 15.4. The molecule has 0 amide bonds. The summed E-state index contributed by atoms with van der Waals surface area (Å²) in [5.41, 5.74) is 5.53. The van der Waals surface area contributed by atoms with Crippen LogP contribution >= 0.6 is 0 Å². The summed E-state index contributed by atoms with van der Waals surface area (Å²) in [4.78, 5) is 9.88. The molecule has 3 heterocycles. The molecular weight excluding hydrogens is 260 g/mol. The van der Waals surface area contributed by atoms with Gasteiger partial charge in [-0.2, -0.15) is 0 Å². The minimum Gasteiger partial charge on any atom is -0.340 e. The van der Waals surface area contributed by atoms with Crippen LogP contribution in [0.25, 0.3) is 11.0 Å². The third-order valence-corrected chi connectivity index (χ3v) is 4.98. The molecule has 1 aromatic carbocycles. The van der Waals surface area contributed by atoms with Gasteiger partial charge in [0, 0.05) is 32.7 Å². The molecule has 4 nitrogen and oxygen atoms in total. The van der Waals surface area contributed by atoms with Crippen LogP contribution in [0.2, 0.25) is 0 Å². The Morgan fingerprint density at radius 1 is 1.10 bits per heavy atom. The van der Waals surface area contributed by atoms with Gasteiger partial charge in [-0.3, -0.25) is 0 Å². The lowest BCUT2D eigenvalue weighted by atomic mass is 10.0. The molecule has 0 N–H and O–H groups in total. The Morgan fingerprint density at radius 3 is 2.67 bits per heavy atom. The first kappa shape index (κ1) is 13.1. The minimum absolute atomic E-state index is 1.09. The fourth-order valence-corrected chi connectivity index (χ4v) is 3.69. The highest BCUT2D eigenvalue weighted by molar-refractivity contribution is 5.83. The highest BCUT2D eigenvalue weighted by Crippen LogP contribution is 2.32. The maximum atomic E-state index is 5.01. The number of likely N-dealkylation sites (N-methyl/N-ethyl adjacent to an activating group) is 1. The lowest BCUT2D eigenvalue weighted by molar-refractivity contribution is 0.310. The molecule has 1 aromatic heterocycles. The standard InChI is InChI=1S/C17H24N4/c1-3-13-11-14-5-4-6-21-16(14)15(12-13)18-17(21)20-9-7-19(2)8-10-20/h11-12H,3-10H2,1-2H3. The number of rotatable bonds is 2. The van der Waals surface area contributed by atoms with Gasteiger partial charge < -0.3 is 14.4 Å². The van der Waals surface area contributed by atoms with E-state index in [1.165, 1.54) is 41.0 Å². The van der Waals surface area contributed by atoms with Crippen LogP contribution in [0.1, 0.15) is 24.5 Å². The Balaban J connectivity index is 1.82. The maximum Gasteiger partial charge on any atom is 0.206 e. The molecule has 4 rings (SSSR count). The lowest BCUT2D eigenvalue weighted by Gasteiger charge is -2.33. The minimum atomic E-state index is 1.09. The van der Waals surface area contributed by atoms with Crippen LogP contribution in [0.15, 0.2) is 12.1 Å². The first-order valence-electron chi connectivity index (χ1n) is 8.22. The predicted molar refractivity (Wildman–Crippen MR) is 87.1 cm³/mol. The van der Waals surface area contributed by atoms with Crippen molar-refractivity contribution in [2.24, 2.45) is 0 Å². The number of hydrogen-bond donors (Lipinski definition) is 0. The molecule has 112 valence electrons. The normalized spacial score (nSPS) is 19.4. The molecule has 2 aliphatic heterocycles. The summed E-state index contributed by atoms with van der Waals surface area (Å²) < 4.78 is 2.47. The second kappa shape index (κ2) is 5.02. The molecule has 2 aromatic rings. The second-order valence-corrected chi connectivity index (χ2v) is 6.43. The molecule has 0 unspecified atom stereocenters. The summed E-state index contributed by atoms with van der Waals surface area (Å²) in [5, 5.41) is 0. The van der Waals surface area contributed by atoms with Crippen LogP contribution in [0.4, 0.5) is 5.95 Å². The maximum absolute atomic E-state index is 5.01. The van der Waals surface area contributed by atoms with Crippen LogP contribution in [0.3, 0.4) is 0 Å². The van der Waals surface area contributed by atoms with Crippen LogP contribution in [0, 0.1) is 0 Å². The molecule has 0 atom stereocenters. The molecule has 0 spiro atoms. The average Bonchev–Trinajstić information content (AvgIpc) is 2.88. The summed E-state index contributed by atoms with van der Waals surface area (Å²) in [6, 6.07) is 4.69. The smallest absolute Gasteiger partial charge is 0.206 e. The number of nitrogens with zero attached hydrogens (tertiary/aromatic N) is 4. The Labute approximate surface area is 126 Å². The van der Waals surface area contributed by atoms with E-state index in [9.17, 15) is 0 Å². The van der Waals surface area contributed by atoms with Crippen molar-refractivity contribution in [2.45, 2.75) is 32.7 Å². The zero-order valence-corrected chi connectivity index (χ0v) is 13.1. The zero-order chi connectivity index (χ0) is 14.4. The first-order valence-corrected chi connectivity index (χ1v) is 8.22. The van der Waals surface area contributed by atoms with E-state index in [4.69, 9.17) is 4.98 Å². The van der Waals surface area contributed by atoms with Crippen molar-refractivity contribution in [1.82, 2.24) is 14.5 Å². The highest BCUT2D eigenvalue weighted by Gasteiger charge is 2.24. The van der Waals surface area contributed by atoms with Gasteiger partial charge in [-0.15, -0.1) is 0 Å². The summed E-state index contributed by atoms with van der Waals surface area (Å²) in [6.45, 7) is 7.81. The van der Waals surface area contributed by atoms with Gasteiger partial charge in [0.2, 0.25) is 5.95 Å². The van der Waals surface area contributed by atoms with Crippen LogP contribution in [0.5, 0.6) is 0 Å². The van der Waals surface area contributed by atoms with Gasteiger partial charge in [0.25, 0.3) is 0 Å². The van der Waals surface area contributed by atoms with E-state index in [1.807, 2.05) is 0 Å². The fraction of sp³-hybridized carbons (Fsp3) is 0.588. The van der Waals surface area contributed by atoms with Gasteiger partial charge >= 0.3 is 0 Å². The fourth-order valence-electron chi connectivity index (χ4n) is 3.69. The van der Waals surface area contributed by atoms with Crippen molar-refractivity contribution < 1.29 is 0 Å². The summed E-state index contributed by atoms with van der Waals surface area (Å²) in [7, 11) is 2.20. The van der Waals surface area contributed by atoms with Gasteiger partial charge in [0.05, 0.1) is 11.0 Å². The van der Waals surface area contributed by atoms with Crippen LogP contribution in [-0.2, 0) is 19.4 Å². The Morgan fingerprint density at radius 2 is 1.90 bits per heavy atom. The van der Waals surface area contributed by atoms with Crippen LogP contribution < -0.4 is 4.90 Å². The number of anilines is 1.